The van der Waals surface area contributed by atoms with Crippen LogP contribution in [0, 0.1) is 0 Å². The number of carbonyl (C=O) groups excluding carboxylic acids is 1. The smallest absolute Gasteiger partial charge is 0.341 e. The molecule has 8 heteroatoms. The van der Waals surface area contributed by atoms with Crippen molar-refractivity contribution in [3.8, 4) is 16.9 Å². The Bertz CT molecular complexity index is 1220. The van der Waals surface area contributed by atoms with E-state index in [-0.39, 0.29) is 23.2 Å². The molecule has 0 unspecified atom stereocenters. The average Bonchev–Trinajstić information content (AvgIpc) is 3.05. The van der Waals surface area contributed by atoms with Crippen molar-refractivity contribution in [1.82, 2.24) is 14.1 Å². The van der Waals surface area contributed by atoms with Crippen LogP contribution in [0.4, 0.5) is 0 Å². The van der Waals surface area contributed by atoms with Gasteiger partial charge in [-0.25, -0.2) is 14.6 Å². The van der Waals surface area contributed by atoms with Gasteiger partial charge in [-0.2, -0.15) is 0 Å². The van der Waals surface area contributed by atoms with Crippen molar-refractivity contribution >= 4 is 17.0 Å². The molecule has 1 aliphatic rings. The molecule has 138 valence electrons. The molecule has 0 fully saturated rings. The molecular weight excluding hydrogens is 350 g/mol. The van der Waals surface area contributed by atoms with Crippen molar-refractivity contribution in [3.05, 3.63) is 56.4 Å². The third kappa shape index (κ3) is 2.37. The quantitative estimate of drug-likeness (QED) is 0.649. The Morgan fingerprint density at radius 2 is 1.85 bits per heavy atom. The Morgan fingerprint density at radius 1 is 1.11 bits per heavy atom. The van der Waals surface area contributed by atoms with Crippen LogP contribution in [0.15, 0.2) is 33.9 Å². The Balaban J connectivity index is 2.27. The molecule has 0 atom stereocenters. The normalized spacial score (nSPS) is 12.9. The summed E-state index contributed by atoms with van der Waals surface area (Å²) in [5.74, 6) is -0.0121. The van der Waals surface area contributed by atoms with Crippen molar-refractivity contribution in [3.63, 3.8) is 0 Å². The van der Waals surface area contributed by atoms with E-state index >= 15 is 0 Å². The van der Waals surface area contributed by atoms with E-state index in [4.69, 9.17) is 9.47 Å². The molecule has 0 saturated carbocycles. The fraction of sp³-hybridized carbons (Fsp3) is 0.263. The molecule has 0 radical (unpaired) electrons. The Labute approximate surface area is 153 Å². The zero-order valence-electron chi connectivity index (χ0n) is 15.1. The number of aromatic nitrogens is 3. The first-order valence-electron chi connectivity index (χ1n) is 8.47. The first-order valence-corrected chi connectivity index (χ1v) is 8.47. The zero-order valence-corrected chi connectivity index (χ0v) is 15.1. The molecule has 1 aromatic carbocycles. The molecule has 0 spiro atoms. The van der Waals surface area contributed by atoms with Crippen molar-refractivity contribution in [2.45, 2.75) is 13.5 Å². The highest BCUT2D eigenvalue weighted by atomic mass is 16.5. The van der Waals surface area contributed by atoms with Gasteiger partial charge in [0.1, 0.15) is 18.0 Å². The summed E-state index contributed by atoms with van der Waals surface area (Å²) in [7, 11) is 2.94. The highest BCUT2D eigenvalue weighted by Gasteiger charge is 2.32. The van der Waals surface area contributed by atoms with E-state index in [1.165, 1.54) is 11.6 Å². The van der Waals surface area contributed by atoms with Gasteiger partial charge in [-0.05, 0) is 13.0 Å². The lowest BCUT2D eigenvalue weighted by molar-refractivity contribution is 0.0534. The van der Waals surface area contributed by atoms with E-state index in [9.17, 15) is 14.4 Å². The summed E-state index contributed by atoms with van der Waals surface area (Å²) in [6.07, 6.45) is 0. The lowest BCUT2D eigenvalue weighted by Crippen LogP contribution is -2.37. The van der Waals surface area contributed by atoms with E-state index in [2.05, 4.69) is 4.98 Å². The van der Waals surface area contributed by atoms with Gasteiger partial charge in [0.25, 0.3) is 5.56 Å². The van der Waals surface area contributed by atoms with Crippen LogP contribution >= 0.6 is 0 Å². The number of nitrogens with zero attached hydrogens (tertiary/aromatic N) is 3. The van der Waals surface area contributed by atoms with Gasteiger partial charge in [-0.3, -0.25) is 13.9 Å². The summed E-state index contributed by atoms with van der Waals surface area (Å²) < 4.78 is 13.2. The Hall–Kier alpha value is -3.42. The molecule has 0 bridgehead atoms. The van der Waals surface area contributed by atoms with Crippen molar-refractivity contribution in [2.24, 2.45) is 14.1 Å². The SMILES string of the molecule is CCOc1ccccc1-c1c2c(nc3c1c(=O)n(C)c(=O)n3C)COC2=O. The van der Waals surface area contributed by atoms with Gasteiger partial charge in [-0.1, -0.05) is 18.2 Å². The number of fused-ring (bicyclic) bond motifs is 2. The standard InChI is InChI=1S/C19H17N3O5/c1-4-26-12-8-6-5-7-10(12)13-14-11(9-27-18(14)24)20-16-15(13)17(23)22(3)19(25)21(16)2/h5-8H,4,9H2,1-3H3. The minimum absolute atomic E-state index is 0.00267. The largest absolute Gasteiger partial charge is 0.493 e. The number of benzene rings is 1. The predicted molar refractivity (Wildman–Crippen MR) is 97.9 cm³/mol. The predicted octanol–water partition coefficient (Wildman–Crippen LogP) is 1.37. The third-order valence-electron chi connectivity index (χ3n) is 4.66. The first-order chi connectivity index (χ1) is 13.0. The van der Waals surface area contributed by atoms with E-state index in [1.54, 1.807) is 25.2 Å². The number of esters is 1. The molecule has 8 nitrogen and oxygen atoms in total. The monoisotopic (exact) mass is 367 g/mol. The highest BCUT2D eigenvalue weighted by Crippen LogP contribution is 2.39. The van der Waals surface area contributed by atoms with Crippen LogP contribution < -0.4 is 16.0 Å². The van der Waals surface area contributed by atoms with E-state index in [0.717, 1.165) is 4.57 Å². The molecule has 1 aliphatic heterocycles. The van der Waals surface area contributed by atoms with Crippen LogP contribution in [0.25, 0.3) is 22.2 Å². The molecule has 0 N–H and O–H groups in total. The Morgan fingerprint density at radius 3 is 2.59 bits per heavy atom. The lowest BCUT2D eigenvalue weighted by atomic mass is 9.95. The molecule has 0 saturated heterocycles. The summed E-state index contributed by atoms with van der Waals surface area (Å²) in [6.45, 7) is 2.27. The number of rotatable bonds is 3. The summed E-state index contributed by atoms with van der Waals surface area (Å²) in [5, 5.41) is 0.185. The van der Waals surface area contributed by atoms with Gasteiger partial charge in [0.05, 0.1) is 23.3 Å². The topological polar surface area (TPSA) is 92.4 Å². The summed E-state index contributed by atoms with van der Waals surface area (Å²) in [6, 6.07) is 7.15. The first kappa shape index (κ1) is 17.0. The van der Waals surface area contributed by atoms with Gasteiger partial charge < -0.3 is 9.47 Å². The molecule has 0 amide bonds. The summed E-state index contributed by atoms with van der Waals surface area (Å²) in [4.78, 5) is 42.2. The fourth-order valence-corrected chi connectivity index (χ4v) is 3.39. The van der Waals surface area contributed by atoms with Crippen molar-refractivity contribution < 1.29 is 14.3 Å². The molecule has 2 aromatic heterocycles. The second kappa shape index (κ2) is 6.08. The molecule has 27 heavy (non-hydrogen) atoms. The van der Waals surface area contributed by atoms with Crippen LogP contribution in [0.3, 0.4) is 0 Å². The van der Waals surface area contributed by atoms with Crippen LogP contribution in [-0.4, -0.2) is 26.7 Å². The summed E-state index contributed by atoms with van der Waals surface area (Å²) >= 11 is 0. The highest BCUT2D eigenvalue weighted by molar-refractivity contribution is 6.09. The van der Waals surface area contributed by atoms with E-state index in [0.29, 0.717) is 29.2 Å². The van der Waals surface area contributed by atoms with Gasteiger partial charge >= 0.3 is 11.7 Å². The lowest BCUT2D eigenvalue weighted by Gasteiger charge is -2.16. The van der Waals surface area contributed by atoms with E-state index < -0.39 is 17.2 Å². The van der Waals surface area contributed by atoms with Gasteiger partial charge in [0.2, 0.25) is 0 Å². The zero-order chi connectivity index (χ0) is 19.3. The number of hydrogen-bond acceptors (Lipinski definition) is 6. The van der Waals surface area contributed by atoms with Crippen LogP contribution in [0.5, 0.6) is 5.75 Å². The molecular formula is C19H17N3O5. The summed E-state index contributed by atoms with van der Waals surface area (Å²) in [5.41, 5.74) is 0.804. The van der Waals surface area contributed by atoms with Gasteiger partial charge in [0, 0.05) is 25.2 Å². The van der Waals surface area contributed by atoms with Crippen LogP contribution in [-0.2, 0) is 25.4 Å². The number of carbonyl (C=O) groups is 1. The molecule has 3 aromatic rings. The maximum Gasteiger partial charge on any atom is 0.341 e. The molecule has 3 heterocycles. The van der Waals surface area contributed by atoms with Gasteiger partial charge in [0.15, 0.2) is 0 Å². The van der Waals surface area contributed by atoms with Crippen LogP contribution in [0.2, 0.25) is 0 Å². The maximum atomic E-state index is 13.0. The van der Waals surface area contributed by atoms with Gasteiger partial charge in [-0.15, -0.1) is 0 Å². The maximum absolute atomic E-state index is 13.0. The number of para-hydroxylation sites is 1. The minimum atomic E-state index is -0.545. The number of ether oxygens (including phenoxy) is 2. The Kier molecular flexibility index (Phi) is 3.83. The molecule has 0 aliphatic carbocycles. The van der Waals surface area contributed by atoms with E-state index in [1.807, 2.05) is 13.0 Å². The minimum Gasteiger partial charge on any atom is -0.493 e. The number of pyridine rings is 1. The average molecular weight is 367 g/mol. The molecule has 4 rings (SSSR count). The second-order valence-corrected chi connectivity index (χ2v) is 6.22. The second-order valence-electron chi connectivity index (χ2n) is 6.22. The van der Waals surface area contributed by atoms with Crippen molar-refractivity contribution in [2.75, 3.05) is 6.61 Å². The number of aryl methyl sites for hydroxylation is 1. The van der Waals surface area contributed by atoms with Crippen molar-refractivity contribution in [1.29, 1.82) is 0 Å². The van der Waals surface area contributed by atoms with Crippen LogP contribution in [0.1, 0.15) is 23.0 Å². The number of hydrogen-bond donors (Lipinski definition) is 0. The fourth-order valence-electron chi connectivity index (χ4n) is 3.39. The third-order valence-corrected chi connectivity index (χ3v) is 4.66. The number of cyclic esters (lactones) is 1.